The maximum Gasteiger partial charge on any atom is 0.238 e. The van der Waals surface area contributed by atoms with Crippen LogP contribution in [-0.2, 0) is 16.4 Å². The highest BCUT2D eigenvalue weighted by Crippen LogP contribution is 2.15. The van der Waals surface area contributed by atoms with Crippen molar-refractivity contribution in [3.63, 3.8) is 0 Å². The van der Waals surface area contributed by atoms with Crippen LogP contribution in [0.25, 0.3) is 0 Å². The molecule has 1 aromatic heterocycles. The lowest BCUT2D eigenvalue weighted by Crippen LogP contribution is -2.12. The summed E-state index contributed by atoms with van der Waals surface area (Å²) in [6.45, 7) is 2.56. The first-order valence-corrected chi connectivity index (χ1v) is 9.98. The molecule has 0 unspecified atom stereocenters. The number of aryl methyl sites for hydroxylation is 1. The fourth-order valence-corrected chi connectivity index (χ4v) is 3.06. The van der Waals surface area contributed by atoms with Gasteiger partial charge in [0.05, 0.1) is 4.90 Å². The zero-order valence-electron chi connectivity index (χ0n) is 14.9. The second-order valence-corrected chi connectivity index (χ2v) is 7.64. The van der Waals surface area contributed by atoms with Gasteiger partial charge < -0.3 is 10.6 Å². The van der Waals surface area contributed by atoms with E-state index in [4.69, 9.17) is 5.14 Å². The third-order valence-electron chi connectivity index (χ3n) is 3.86. The molecular formula is C19H21N5O2S. The van der Waals surface area contributed by atoms with Crippen LogP contribution in [0.2, 0.25) is 0 Å². The van der Waals surface area contributed by atoms with Crippen LogP contribution >= 0.6 is 0 Å². The first-order chi connectivity index (χ1) is 12.9. The summed E-state index contributed by atoms with van der Waals surface area (Å²) in [7, 11) is -3.66. The maximum atomic E-state index is 11.3. The van der Waals surface area contributed by atoms with Gasteiger partial charge in [-0.2, -0.15) is 4.98 Å². The topological polar surface area (TPSA) is 110 Å². The number of nitrogens with zero attached hydrogens (tertiary/aromatic N) is 2. The minimum absolute atomic E-state index is 0.113. The summed E-state index contributed by atoms with van der Waals surface area (Å²) in [5.74, 6) is 1.25. The Bertz CT molecular complexity index is 1010. The van der Waals surface area contributed by atoms with E-state index in [2.05, 4.69) is 20.6 Å². The van der Waals surface area contributed by atoms with E-state index in [1.807, 2.05) is 43.3 Å². The number of hydrogen-bond donors (Lipinski definition) is 3. The van der Waals surface area contributed by atoms with Crippen LogP contribution in [0.1, 0.15) is 11.3 Å². The van der Waals surface area contributed by atoms with Crippen LogP contribution in [0, 0.1) is 6.92 Å². The van der Waals surface area contributed by atoms with Gasteiger partial charge in [-0.15, -0.1) is 0 Å². The van der Waals surface area contributed by atoms with E-state index < -0.39 is 10.0 Å². The Morgan fingerprint density at radius 1 is 1.00 bits per heavy atom. The molecule has 0 saturated carbocycles. The number of aromatic nitrogens is 2. The van der Waals surface area contributed by atoms with Crippen LogP contribution in [0.5, 0.6) is 0 Å². The van der Waals surface area contributed by atoms with Crippen molar-refractivity contribution in [1.82, 2.24) is 9.97 Å². The summed E-state index contributed by atoms with van der Waals surface area (Å²) in [5, 5.41) is 11.6. The third-order valence-corrected chi connectivity index (χ3v) is 4.79. The number of primary sulfonamides is 1. The zero-order valence-corrected chi connectivity index (χ0v) is 15.7. The van der Waals surface area contributed by atoms with Gasteiger partial charge in [-0.1, -0.05) is 30.3 Å². The van der Waals surface area contributed by atoms with Gasteiger partial charge in [0.25, 0.3) is 0 Å². The Labute approximate surface area is 158 Å². The Morgan fingerprint density at radius 3 is 2.37 bits per heavy atom. The standard InChI is InChI=1S/C19H21N5O2S/c1-14-13-18(24-19(22-14)23-16-5-3-2-4-6-16)21-12-11-15-7-9-17(10-8-15)27(20,25)26/h2-10,13H,11-12H2,1H3,(H2,20,25,26)(H2,21,22,23,24). The Balaban J connectivity index is 1.61. The zero-order chi connectivity index (χ0) is 19.3. The van der Waals surface area contributed by atoms with E-state index in [0.717, 1.165) is 29.2 Å². The molecule has 0 aliphatic heterocycles. The molecule has 0 amide bonds. The number of benzene rings is 2. The van der Waals surface area contributed by atoms with Crippen LogP contribution in [0.4, 0.5) is 17.5 Å². The van der Waals surface area contributed by atoms with E-state index in [0.29, 0.717) is 12.5 Å². The van der Waals surface area contributed by atoms with Crippen LogP contribution in [0.15, 0.2) is 65.6 Å². The fourth-order valence-electron chi connectivity index (χ4n) is 2.55. The van der Waals surface area contributed by atoms with Crippen molar-refractivity contribution in [3.05, 3.63) is 71.9 Å². The van der Waals surface area contributed by atoms with Gasteiger partial charge in [0.15, 0.2) is 0 Å². The second-order valence-electron chi connectivity index (χ2n) is 6.07. The van der Waals surface area contributed by atoms with E-state index >= 15 is 0 Å². The van der Waals surface area contributed by atoms with Gasteiger partial charge >= 0.3 is 0 Å². The van der Waals surface area contributed by atoms with Gasteiger partial charge in [0, 0.05) is 24.0 Å². The van der Waals surface area contributed by atoms with Crippen LogP contribution in [0.3, 0.4) is 0 Å². The SMILES string of the molecule is Cc1cc(NCCc2ccc(S(N)(=O)=O)cc2)nc(Nc2ccccc2)n1. The quantitative estimate of drug-likeness (QED) is 0.579. The van der Waals surface area contributed by atoms with E-state index in [1.165, 1.54) is 12.1 Å². The van der Waals surface area contributed by atoms with Crippen LogP contribution < -0.4 is 15.8 Å². The Hall–Kier alpha value is -2.97. The number of para-hydroxylation sites is 1. The molecule has 0 saturated heterocycles. The van der Waals surface area contributed by atoms with Crippen molar-refractivity contribution in [2.24, 2.45) is 5.14 Å². The highest BCUT2D eigenvalue weighted by molar-refractivity contribution is 7.89. The summed E-state index contributed by atoms with van der Waals surface area (Å²) < 4.78 is 22.6. The molecule has 0 bridgehead atoms. The summed E-state index contributed by atoms with van der Waals surface area (Å²) >= 11 is 0. The van der Waals surface area contributed by atoms with Crippen LogP contribution in [-0.4, -0.2) is 24.9 Å². The van der Waals surface area contributed by atoms with Crippen molar-refractivity contribution >= 4 is 27.5 Å². The molecule has 0 aliphatic rings. The summed E-state index contributed by atoms with van der Waals surface area (Å²) in [6.07, 6.45) is 0.718. The van der Waals surface area contributed by atoms with Gasteiger partial charge in [-0.25, -0.2) is 18.5 Å². The van der Waals surface area contributed by atoms with Crippen molar-refractivity contribution in [3.8, 4) is 0 Å². The molecule has 8 heteroatoms. The van der Waals surface area contributed by atoms with Gasteiger partial charge in [-0.3, -0.25) is 0 Å². The number of hydrogen-bond acceptors (Lipinski definition) is 6. The number of sulfonamides is 1. The normalized spacial score (nSPS) is 11.2. The third kappa shape index (κ3) is 5.50. The van der Waals surface area contributed by atoms with Crippen molar-refractivity contribution < 1.29 is 8.42 Å². The number of nitrogens with two attached hydrogens (primary N) is 1. The highest BCUT2D eigenvalue weighted by Gasteiger charge is 2.07. The molecule has 4 N–H and O–H groups in total. The lowest BCUT2D eigenvalue weighted by Gasteiger charge is -2.10. The molecule has 140 valence electrons. The number of rotatable bonds is 7. The first kappa shape index (κ1) is 18.8. The van der Waals surface area contributed by atoms with Gasteiger partial charge in [0.1, 0.15) is 5.82 Å². The second kappa shape index (κ2) is 8.15. The molecule has 0 aliphatic carbocycles. The molecule has 0 fully saturated rings. The molecule has 0 atom stereocenters. The average Bonchev–Trinajstić information content (AvgIpc) is 2.62. The lowest BCUT2D eigenvalue weighted by atomic mass is 10.1. The predicted molar refractivity (Wildman–Crippen MR) is 107 cm³/mol. The maximum absolute atomic E-state index is 11.3. The van der Waals surface area contributed by atoms with Crippen molar-refractivity contribution in [2.75, 3.05) is 17.2 Å². The first-order valence-electron chi connectivity index (χ1n) is 8.43. The van der Waals surface area contributed by atoms with Crippen molar-refractivity contribution in [2.45, 2.75) is 18.2 Å². The van der Waals surface area contributed by atoms with E-state index in [1.54, 1.807) is 12.1 Å². The molecule has 2 aromatic carbocycles. The summed E-state index contributed by atoms with van der Waals surface area (Å²) in [4.78, 5) is 8.99. The Kier molecular flexibility index (Phi) is 5.68. The van der Waals surface area contributed by atoms with E-state index in [-0.39, 0.29) is 4.90 Å². The lowest BCUT2D eigenvalue weighted by molar-refractivity contribution is 0.598. The minimum atomic E-state index is -3.66. The van der Waals surface area contributed by atoms with E-state index in [9.17, 15) is 8.42 Å². The molecular weight excluding hydrogens is 362 g/mol. The highest BCUT2D eigenvalue weighted by atomic mass is 32.2. The molecule has 1 heterocycles. The molecule has 0 spiro atoms. The van der Waals surface area contributed by atoms with Crippen molar-refractivity contribution in [1.29, 1.82) is 0 Å². The Morgan fingerprint density at radius 2 is 1.70 bits per heavy atom. The molecule has 3 aromatic rings. The summed E-state index contributed by atoms with van der Waals surface area (Å²) in [5.41, 5.74) is 2.77. The van der Waals surface area contributed by atoms with Gasteiger partial charge in [-0.05, 0) is 43.2 Å². The smallest absolute Gasteiger partial charge is 0.238 e. The molecule has 7 nitrogen and oxygen atoms in total. The number of anilines is 3. The number of nitrogens with one attached hydrogen (secondary N) is 2. The average molecular weight is 383 g/mol. The largest absolute Gasteiger partial charge is 0.370 e. The predicted octanol–water partition coefficient (Wildman–Crippen LogP) is 2.83. The molecule has 27 heavy (non-hydrogen) atoms. The fraction of sp³-hybridized carbons (Fsp3) is 0.158. The summed E-state index contributed by atoms with van der Waals surface area (Å²) in [6, 6.07) is 18.2. The van der Waals surface area contributed by atoms with Gasteiger partial charge in [0.2, 0.25) is 16.0 Å². The molecule has 3 rings (SSSR count). The molecule has 0 radical (unpaired) electrons. The minimum Gasteiger partial charge on any atom is -0.370 e. The monoisotopic (exact) mass is 383 g/mol.